The molecule has 0 unspecified atom stereocenters. The number of fused-ring (bicyclic) bond motifs is 1. The number of imidazole rings is 1. The second-order valence-corrected chi connectivity index (χ2v) is 4.71. The van der Waals surface area contributed by atoms with E-state index in [0.717, 1.165) is 25.0 Å². The minimum Gasteiger partial charge on any atom is -0.396 e. The Morgan fingerprint density at radius 2 is 2.12 bits per heavy atom. The summed E-state index contributed by atoms with van der Waals surface area (Å²) in [5.41, 5.74) is 7.20. The van der Waals surface area contributed by atoms with Crippen molar-refractivity contribution in [3.63, 3.8) is 0 Å². The Labute approximate surface area is 98.5 Å². The highest BCUT2D eigenvalue weighted by molar-refractivity contribution is 5.81. The zero-order valence-electron chi connectivity index (χ0n) is 9.45. The number of aliphatic hydroxyl groups excluding tert-OH is 1. The number of anilines is 1. The summed E-state index contributed by atoms with van der Waals surface area (Å²) in [6.45, 7) is 1.19. The maximum Gasteiger partial charge on any atom is 0.165 e. The Hall–Kier alpha value is -1.69. The van der Waals surface area contributed by atoms with Gasteiger partial charge in [0.15, 0.2) is 11.5 Å². The third-order valence-electron chi connectivity index (χ3n) is 3.48. The average Bonchev–Trinajstić information content (AvgIpc) is 2.68. The lowest BCUT2D eigenvalue weighted by Crippen LogP contribution is -2.29. The first-order chi connectivity index (χ1) is 8.28. The fourth-order valence-electron chi connectivity index (χ4n) is 2.48. The second-order valence-electron chi connectivity index (χ2n) is 4.71. The number of nitrogen functional groups attached to an aromatic ring is 1. The SMILES string of the molecule is Nc1ncnc2c1ncn2C[C@H]1C[C@H](CO)C1. The van der Waals surface area contributed by atoms with Crippen LogP contribution in [0.15, 0.2) is 12.7 Å². The molecule has 0 radical (unpaired) electrons. The molecule has 2 heterocycles. The number of hydrogen-bond acceptors (Lipinski definition) is 5. The molecule has 0 aliphatic heterocycles. The zero-order valence-corrected chi connectivity index (χ0v) is 9.45. The van der Waals surface area contributed by atoms with Crippen LogP contribution in [-0.4, -0.2) is 31.2 Å². The van der Waals surface area contributed by atoms with E-state index in [9.17, 15) is 0 Å². The van der Waals surface area contributed by atoms with Crippen LogP contribution >= 0.6 is 0 Å². The van der Waals surface area contributed by atoms with Gasteiger partial charge in [-0.3, -0.25) is 0 Å². The van der Waals surface area contributed by atoms with Crippen molar-refractivity contribution in [2.75, 3.05) is 12.3 Å². The van der Waals surface area contributed by atoms with Crippen molar-refractivity contribution in [1.29, 1.82) is 0 Å². The lowest BCUT2D eigenvalue weighted by Gasteiger charge is -2.34. The Balaban J connectivity index is 1.80. The van der Waals surface area contributed by atoms with Gasteiger partial charge in [0.1, 0.15) is 11.8 Å². The summed E-state index contributed by atoms with van der Waals surface area (Å²) >= 11 is 0. The number of hydrogen-bond donors (Lipinski definition) is 2. The van der Waals surface area contributed by atoms with Crippen LogP contribution in [0.1, 0.15) is 12.8 Å². The normalized spacial score (nSPS) is 23.8. The lowest BCUT2D eigenvalue weighted by atomic mass is 9.75. The van der Waals surface area contributed by atoms with E-state index in [0.29, 0.717) is 29.8 Å². The van der Waals surface area contributed by atoms with Crippen molar-refractivity contribution in [2.45, 2.75) is 19.4 Å². The molecule has 3 N–H and O–H groups in total. The summed E-state index contributed by atoms with van der Waals surface area (Å²) in [6.07, 6.45) is 5.39. The summed E-state index contributed by atoms with van der Waals surface area (Å²) in [6, 6.07) is 0. The van der Waals surface area contributed by atoms with Gasteiger partial charge in [0.05, 0.1) is 6.33 Å². The smallest absolute Gasteiger partial charge is 0.165 e. The van der Waals surface area contributed by atoms with Crippen LogP contribution in [0.5, 0.6) is 0 Å². The van der Waals surface area contributed by atoms with E-state index in [2.05, 4.69) is 15.0 Å². The monoisotopic (exact) mass is 233 g/mol. The molecular formula is C11H15N5O. The van der Waals surface area contributed by atoms with Gasteiger partial charge in [-0.05, 0) is 24.7 Å². The number of rotatable bonds is 3. The van der Waals surface area contributed by atoms with E-state index in [1.54, 1.807) is 6.33 Å². The third-order valence-corrected chi connectivity index (χ3v) is 3.48. The van der Waals surface area contributed by atoms with Gasteiger partial charge < -0.3 is 15.4 Å². The third kappa shape index (κ3) is 1.74. The minimum absolute atomic E-state index is 0.302. The number of nitrogens with two attached hydrogens (primary N) is 1. The largest absolute Gasteiger partial charge is 0.396 e. The van der Waals surface area contributed by atoms with Crippen molar-refractivity contribution in [1.82, 2.24) is 19.5 Å². The van der Waals surface area contributed by atoms with Crippen LogP contribution in [0.25, 0.3) is 11.2 Å². The maximum atomic E-state index is 8.98. The predicted molar refractivity (Wildman–Crippen MR) is 63.0 cm³/mol. The molecule has 1 saturated carbocycles. The molecule has 6 heteroatoms. The van der Waals surface area contributed by atoms with Gasteiger partial charge in [-0.25, -0.2) is 15.0 Å². The summed E-state index contributed by atoms with van der Waals surface area (Å²) in [4.78, 5) is 12.4. The molecule has 0 aromatic carbocycles. The van der Waals surface area contributed by atoms with E-state index in [4.69, 9.17) is 10.8 Å². The summed E-state index contributed by atoms with van der Waals surface area (Å²) in [5.74, 6) is 1.52. The second kappa shape index (κ2) is 3.96. The summed E-state index contributed by atoms with van der Waals surface area (Å²) in [5, 5.41) is 8.98. The molecule has 90 valence electrons. The van der Waals surface area contributed by atoms with Crippen molar-refractivity contribution in [3.05, 3.63) is 12.7 Å². The quantitative estimate of drug-likeness (QED) is 0.802. The van der Waals surface area contributed by atoms with Crippen LogP contribution in [0.4, 0.5) is 5.82 Å². The lowest BCUT2D eigenvalue weighted by molar-refractivity contribution is 0.0974. The molecular weight excluding hydrogens is 218 g/mol. The van der Waals surface area contributed by atoms with Gasteiger partial charge in [-0.15, -0.1) is 0 Å². The van der Waals surface area contributed by atoms with E-state index < -0.39 is 0 Å². The highest BCUT2D eigenvalue weighted by atomic mass is 16.3. The van der Waals surface area contributed by atoms with E-state index >= 15 is 0 Å². The molecule has 1 fully saturated rings. The van der Waals surface area contributed by atoms with Crippen molar-refractivity contribution in [3.8, 4) is 0 Å². The molecule has 0 saturated heterocycles. The first-order valence-corrected chi connectivity index (χ1v) is 5.80. The molecule has 0 bridgehead atoms. The van der Waals surface area contributed by atoms with Crippen molar-refractivity contribution < 1.29 is 5.11 Å². The van der Waals surface area contributed by atoms with Gasteiger partial charge >= 0.3 is 0 Å². The highest BCUT2D eigenvalue weighted by Crippen LogP contribution is 2.34. The Morgan fingerprint density at radius 3 is 2.88 bits per heavy atom. The van der Waals surface area contributed by atoms with E-state index in [-0.39, 0.29) is 0 Å². The Morgan fingerprint density at radius 1 is 1.29 bits per heavy atom. The topological polar surface area (TPSA) is 89.9 Å². The molecule has 17 heavy (non-hydrogen) atoms. The van der Waals surface area contributed by atoms with Crippen LogP contribution in [-0.2, 0) is 6.54 Å². The molecule has 3 rings (SSSR count). The van der Waals surface area contributed by atoms with Gasteiger partial charge in [-0.1, -0.05) is 0 Å². The fraction of sp³-hybridized carbons (Fsp3) is 0.545. The van der Waals surface area contributed by atoms with Gasteiger partial charge in [0, 0.05) is 13.2 Å². The molecule has 1 aliphatic carbocycles. The van der Waals surface area contributed by atoms with Crippen molar-refractivity contribution >= 4 is 17.0 Å². The van der Waals surface area contributed by atoms with Crippen LogP contribution in [0, 0.1) is 11.8 Å². The van der Waals surface area contributed by atoms with Crippen LogP contribution < -0.4 is 5.73 Å². The molecule has 0 atom stereocenters. The fourth-order valence-corrected chi connectivity index (χ4v) is 2.48. The number of nitrogens with zero attached hydrogens (tertiary/aromatic N) is 4. The number of aromatic nitrogens is 4. The molecule has 2 aromatic rings. The van der Waals surface area contributed by atoms with Gasteiger partial charge in [0.2, 0.25) is 0 Å². The van der Waals surface area contributed by atoms with E-state index in [1.165, 1.54) is 6.33 Å². The highest BCUT2D eigenvalue weighted by Gasteiger charge is 2.28. The Bertz CT molecular complexity index is 532. The molecule has 2 aromatic heterocycles. The summed E-state index contributed by atoms with van der Waals surface area (Å²) in [7, 11) is 0. The standard InChI is InChI=1S/C11H15N5O/c12-10-9-11(14-5-13-10)16(6-15-9)3-7-1-8(2-7)4-17/h5-8,17H,1-4H2,(H2,12,13,14)/t7-,8-. The van der Waals surface area contributed by atoms with Crippen LogP contribution in [0.3, 0.4) is 0 Å². The minimum atomic E-state index is 0.302. The number of aliphatic hydroxyl groups is 1. The predicted octanol–water partition coefficient (Wildman–Crippen LogP) is 0.427. The average molecular weight is 233 g/mol. The van der Waals surface area contributed by atoms with Crippen LogP contribution in [0.2, 0.25) is 0 Å². The zero-order chi connectivity index (χ0) is 11.8. The first kappa shape index (κ1) is 10.5. The van der Waals surface area contributed by atoms with Gasteiger partial charge in [-0.2, -0.15) is 0 Å². The van der Waals surface area contributed by atoms with E-state index in [1.807, 2.05) is 4.57 Å². The summed E-state index contributed by atoms with van der Waals surface area (Å²) < 4.78 is 2.02. The first-order valence-electron chi connectivity index (χ1n) is 5.80. The Kier molecular flexibility index (Phi) is 2.44. The molecule has 0 spiro atoms. The van der Waals surface area contributed by atoms with Crippen molar-refractivity contribution in [2.24, 2.45) is 11.8 Å². The molecule has 0 amide bonds. The molecule has 1 aliphatic rings. The molecule has 6 nitrogen and oxygen atoms in total. The maximum absolute atomic E-state index is 8.98. The van der Waals surface area contributed by atoms with Gasteiger partial charge in [0.25, 0.3) is 0 Å².